The molecule has 0 spiro atoms. The predicted molar refractivity (Wildman–Crippen MR) is 226 cm³/mol. The van der Waals surface area contributed by atoms with Gasteiger partial charge in [-0.25, -0.2) is 9.78 Å². The number of nitrogens with two attached hydrogens (primary N) is 2. The first-order valence-corrected chi connectivity index (χ1v) is 20.7. The first-order chi connectivity index (χ1) is 30.1. The van der Waals surface area contributed by atoms with Gasteiger partial charge in [-0.3, -0.25) is 28.5 Å². The number of anilines is 2. The lowest BCUT2D eigenvalue weighted by Gasteiger charge is -2.25. The van der Waals surface area contributed by atoms with Gasteiger partial charge in [0, 0.05) is 17.3 Å². The van der Waals surface area contributed by atoms with Crippen molar-refractivity contribution in [1.29, 1.82) is 0 Å². The summed E-state index contributed by atoms with van der Waals surface area (Å²) in [6.07, 6.45) is -4.66. The Bertz CT molecular complexity index is 2750. The Labute approximate surface area is 367 Å². The van der Waals surface area contributed by atoms with Gasteiger partial charge in [-0.15, -0.1) is 0 Å². The SMILES string of the molecule is CC(C)C(=O)OC[C@H]1O[C@@H](n2cc(C#Cc3ccc(C#Cc4nc5c(=O)[nH]c(N)nc5n4[C@@H]4O[C@H](COC(=O)C(C)(C)C)[C@H]5OC(C)(C)O[C@H]54)cc3)c(N)nc2=O)[C@@H]2OC(C)(C)O[C@@H]21. The summed E-state index contributed by atoms with van der Waals surface area (Å²) in [6.45, 7) is 15.5. The summed E-state index contributed by atoms with van der Waals surface area (Å²) in [5, 5.41) is 0. The number of benzene rings is 1. The molecule has 8 atom stereocenters. The Morgan fingerprint density at radius 2 is 1.34 bits per heavy atom. The standard InChI is InChI=1S/C44H50N8O12/c1-21(2)38(54)57-19-25-29-31(63-43(6,7)61-29)36(59-25)51-18-24(33(45)48-41(51)56)16-14-22-10-12-23(13-11-22)15-17-27-47-28-34(49-40(46)50-35(28)53)52(27)37-32-30(62-44(8,9)64-32)26(60-37)20-58-39(55)42(3,4)5/h10-13,18,21,25-26,29-32,36-37H,19-20H2,1-9H3,(H2,45,48,56)(H3,46,49,50,53)/t25-,26-,29-,30-,31-,32-,36-,37-/m1/s1. The van der Waals surface area contributed by atoms with Crippen LogP contribution in [0.3, 0.4) is 0 Å². The number of fused-ring (bicyclic) bond motifs is 3. The van der Waals surface area contributed by atoms with E-state index >= 15 is 0 Å². The molecule has 338 valence electrons. The maximum absolute atomic E-state index is 13.2. The van der Waals surface area contributed by atoms with Crippen molar-refractivity contribution in [1.82, 2.24) is 29.1 Å². The van der Waals surface area contributed by atoms with Crippen molar-refractivity contribution in [3.8, 4) is 23.7 Å². The first-order valence-electron chi connectivity index (χ1n) is 20.7. The number of nitrogen functional groups attached to an aromatic ring is 2. The van der Waals surface area contributed by atoms with Crippen LogP contribution in [-0.4, -0.2) is 102 Å². The van der Waals surface area contributed by atoms with Crippen LogP contribution in [0.1, 0.15) is 97.3 Å². The molecule has 0 amide bonds. The molecule has 7 heterocycles. The Morgan fingerprint density at radius 1 is 0.797 bits per heavy atom. The number of rotatable bonds is 7. The summed E-state index contributed by atoms with van der Waals surface area (Å²) in [5.74, 6) is 8.94. The molecule has 4 aliphatic heterocycles. The fraction of sp³-hybridized carbons (Fsp3) is 0.523. The van der Waals surface area contributed by atoms with E-state index in [0.717, 1.165) is 0 Å². The second-order valence-electron chi connectivity index (χ2n) is 18.1. The van der Waals surface area contributed by atoms with Gasteiger partial charge in [-0.2, -0.15) is 9.97 Å². The van der Waals surface area contributed by atoms with E-state index < -0.39 is 89.3 Å². The lowest BCUT2D eigenvalue weighted by Crippen LogP contribution is -2.35. The van der Waals surface area contributed by atoms with Gasteiger partial charge >= 0.3 is 17.6 Å². The molecule has 5 N–H and O–H groups in total. The van der Waals surface area contributed by atoms with Gasteiger partial charge in [0.25, 0.3) is 5.56 Å². The van der Waals surface area contributed by atoms with E-state index in [9.17, 15) is 19.2 Å². The summed E-state index contributed by atoms with van der Waals surface area (Å²) in [5.41, 5.74) is 11.7. The predicted octanol–water partition coefficient (Wildman–Crippen LogP) is 2.26. The maximum Gasteiger partial charge on any atom is 0.351 e. The van der Waals surface area contributed by atoms with Crippen LogP contribution in [-0.2, 0) is 47.5 Å². The first kappa shape index (κ1) is 44.5. The molecule has 4 aliphatic rings. The number of imidazole rings is 1. The number of hydrogen-bond acceptors (Lipinski definition) is 17. The monoisotopic (exact) mass is 882 g/mol. The summed E-state index contributed by atoms with van der Waals surface area (Å²) in [7, 11) is 0. The minimum Gasteiger partial charge on any atom is -0.463 e. The zero-order chi connectivity index (χ0) is 46.0. The number of aromatic nitrogens is 6. The number of nitrogens with zero attached hydrogens (tertiary/aromatic N) is 5. The maximum atomic E-state index is 13.2. The summed E-state index contributed by atoms with van der Waals surface area (Å²) in [6, 6.07) is 6.97. The molecule has 64 heavy (non-hydrogen) atoms. The van der Waals surface area contributed by atoms with Gasteiger partial charge in [0.1, 0.15) is 55.7 Å². The second kappa shape index (κ2) is 16.5. The van der Waals surface area contributed by atoms with Crippen LogP contribution in [0.2, 0.25) is 0 Å². The van der Waals surface area contributed by atoms with Crippen molar-refractivity contribution in [2.24, 2.45) is 11.3 Å². The topological polar surface area (TPSA) is 258 Å². The zero-order valence-corrected chi connectivity index (χ0v) is 36.8. The van der Waals surface area contributed by atoms with Gasteiger partial charge in [0.15, 0.2) is 41.0 Å². The third-order valence-electron chi connectivity index (χ3n) is 10.7. The van der Waals surface area contributed by atoms with Crippen molar-refractivity contribution in [2.45, 2.75) is 123 Å². The molecule has 0 saturated carbocycles. The normalized spacial score (nSPS) is 26.5. The van der Waals surface area contributed by atoms with Crippen LogP contribution in [0, 0.1) is 35.0 Å². The molecule has 20 nitrogen and oxygen atoms in total. The fourth-order valence-electron chi connectivity index (χ4n) is 7.72. The molecule has 0 radical (unpaired) electrons. The van der Waals surface area contributed by atoms with E-state index in [-0.39, 0.29) is 53.4 Å². The van der Waals surface area contributed by atoms with E-state index in [0.29, 0.717) is 11.1 Å². The number of esters is 2. The minimum atomic E-state index is -1.01. The zero-order valence-electron chi connectivity index (χ0n) is 36.8. The lowest BCUT2D eigenvalue weighted by molar-refractivity contribution is -0.203. The second-order valence-corrected chi connectivity index (χ2v) is 18.1. The van der Waals surface area contributed by atoms with Crippen LogP contribution in [0.4, 0.5) is 11.8 Å². The van der Waals surface area contributed by atoms with Crippen LogP contribution in [0.5, 0.6) is 0 Å². The third kappa shape index (κ3) is 8.85. The fourth-order valence-corrected chi connectivity index (χ4v) is 7.72. The molecule has 4 aromatic rings. The Balaban J connectivity index is 1.05. The largest absolute Gasteiger partial charge is 0.463 e. The molecule has 4 fully saturated rings. The van der Waals surface area contributed by atoms with E-state index in [1.54, 1.807) is 91.1 Å². The van der Waals surface area contributed by atoms with E-state index in [4.69, 9.17) is 49.4 Å². The minimum absolute atomic E-state index is 0.0237. The van der Waals surface area contributed by atoms with Gasteiger partial charge in [0.2, 0.25) is 5.95 Å². The summed E-state index contributed by atoms with van der Waals surface area (Å²) < 4.78 is 51.3. The molecule has 0 unspecified atom stereocenters. The Morgan fingerprint density at radius 3 is 1.94 bits per heavy atom. The molecular weight excluding hydrogens is 833 g/mol. The summed E-state index contributed by atoms with van der Waals surface area (Å²) >= 11 is 0. The number of carbonyl (C=O) groups is 2. The molecule has 1 aromatic carbocycles. The van der Waals surface area contributed by atoms with Gasteiger partial charge in [-0.1, -0.05) is 31.6 Å². The lowest BCUT2D eigenvalue weighted by atomic mass is 9.97. The van der Waals surface area contributed by atoms with Crippen LogP contribution in [0.25, 0.3) is 11.2 Å². The van der Waals surface area contributed by atoms with Crippen molar-refractivity contribution in [3.05, 3.63) is 73.8 Å². The van der Waals surface area contributed by atoms with Crippen molar-refractivity contribution in [2.75, 3.05) is 24.7 Å². The number of hydrogen-bond donors (Lipinski definition) is 3. The smallest absolute Gasteiger partial charge is 0.351 e. The highest BCUT2D eigenvalue weighted by atomic mass is 16.8. The van der Waals surface area contributed by atoms with E-state index in [1.165, 1.54) is 10.8 Å². The number of H-pyrrole nitrogens is 1. The van der Waals surface area contributed by atoms with Crippen LogP contribution < -0.4 is 22.7 Å². The molecule has 4 saturated heterocycles. The number of carbonyl (C=O) groups excluding carboxylic acids is 2. The highest BCUT2D eigenvalue weighted by Crippen LogP contribution is 2.45. The Hall–Kier alpha value is -6.13. The molecular formula is C44H50N8O12. The van der Waals surface area contributed by atoms with Crippen molar-refractivity contribution < 1.29 is 47.5 Å². The third-order valence-corrected chi connectivity index (χ3v) is 10.7. The van der Waals surface area contributed by atoms with E-state index in [1.807, 2.05) is 0 Å². The van der Waals surface area contributed by atoms with Crippen LogP contribution in [0.15, 0.2) is 40.1 Å². The number of ether oxygens (including phenoxy) is 8. The Kier molecular flexibility index (Phi) is 11.4. The molecule has 0 bridgehead atoms. The number of nitrogens with one attached hydrogen (secondary N) is 1. The van der Waals surface area contributed by atoms with Gasteiger partial charge in [-0.05, 0) is 78.7 Å². The molecule has 8 rings (SSSR count). The van der Waals surface area contributed by atoms with Gasteiger partial charge < -0.3 is 49.4 Å². The number of aromatic amines is 1. The summed E-state index contributed by atoms with van der Waals surface area (Å²) in [4.78, 5) is 66.6. The highest BCUT2D eigenvalue weighted by molar-refractivity contribution is 5.75. The van der Waals surface area contributed by atoms with E-state index in [2.05, 4.69) is 43.6 Å². The molecule has 0 aliphatic carbocycles. The average molecular weight is 883 g/mol. The van der Waals surface area contributed by atoms with Crippen molar-refractivity contribution >= 4 is 34.9 Å². The van der Waals surface area contributed by atoms with Crippen molar-refractivity contribution in [3.63, 3.8) is 0 Å². The molecule has 20 heteroatoms. The highest BCUT2D eigenvalue weighted by Gasteiger charge is 2.58. The van der Waals surface area contributed by atoms with Gasteiger partial charge in [0.05, 0.1) is 16.9 Å². The van der Waals surface area contributed by atoms with Crippen LogP contribution >= 0.6 is 0 Å². The molecule has 3 aromatic heterocycles. The average Bonchev–Trinajstić information content (AvgIpc) is 3.99. The quantitative estimate of drug-likeness (QED) is 0.178.